The van der Waals surface area contributed by atoms with E-state index in [-0.39, 0.29) is 12.5 Å². The molecule has 42 heavy (non-hydrogen) atoms. The fourth-order valence-electron chi connectivity index (χ4n) is 5.19. The Balaban J connectivity index is 1.37. The van der Waals surface area contributed by atoms with Crippen molar-refractivity contribution in [3.63, 3.8) is 0 Å². The van der Waals surface area contributed by atoms with E-state index in [0.29, 0.717) is 52.4 Å². The van der Waals surface area contributed by atoms with Gasteiger partial charge in [-0.2, -0.15) is 4.98 Å². The number of halogens is 2. The number of amides is 1. The van der Waals surface area contributed by atoms with Gasteiger partial charge in [0.15, 0.2) is 5.82 Å². The van der Waals surface area contributed by atoms with Crippen molar-refractivity contribution in [1.82, 2.24) is 25.0 Å². The van der Waals surface area contributed by atoms with Gasteiger partial charge in [-0.05, 0) is 63.8 Å². The normalized spacial score (nSPS) is 14.4. The molecule has 0 saturated carbocycles. The maximum atomic E-state index is 15.3. The highest BCUT2D eigenvalue weighted by Gasteiger charge is 2.27. The zero-order valence-corrected chi connectivity index (χ0v) is 24.7. The molecule has 2 aromatic heterocycles. The molecule has 1 fully saturated rings. The van der Waals surface area contributed by atoms with Crippen LogP contribution in [0.2, 0.25) is 0 Å². The lowest BCUT2D eigenvalue weighted by Gasteiger charge is -2.32. The van der Waals surface area contributed by atoms with Crippen molar-refractivity contribution in [2.75, 3.05) is 25.0 Å². The van der Waals surface area contributed by atoms with Crippen LogP contribution in [0.15, 0.2) is 41.2 Å². The highest BCUT2D eigenvalue weighted by atomic mass is 19.1. The Morgan fingerprint density at radius 1 is 1.14 bits per heavy atom. The molecule has 5 rings (SSSR count). The van der Waals surface area contributed by atoms with Crippen LogP contribution in [0.1, 0.15) is 70.2 Å². The molecule has 1 saturated heterocycles. The van der Waals surface area contributed by atoms with E-state index in [4.69, 9.17) is 9.26 Å². The van der Waals surface area contributed by atoms with E-state index in [1.54, 1.807) is 40.0 Å². The summed E-state index contributed by atoms with van der Waals surface area (Å²) in [6.45, 7) is 8.79. The molecule has 0 unspecified atom stereocenters. The van der Waals surface area contributed by atoms with Gasteiger partial charge in [-0.25, -0.2) is 23.5 Å². The minimum atomic E-state index is -0.657. The van der Waals surface area contributed by atoms with E-state index in [9.17, 15) is 4.79 Å². The number of aromatic nitrogens is 4. The van der Waals surface area contributed by atoms with Crippen molar-refractivity contribution in [1.29, 1.82) is 0 Å². The van der Waals surface area contributed by atoms with Crippen LogP contribution in [-0.4, -0.2) is 56.8 Å². The molecule has 0 N–H and O–H groups in total. The van der Waals surface area contributed by atoms with Gasteiger partial charge in [0.1, 0.15) is 29.4 Å². The second-order valence-corrected chi connectivity index (χ2v) is 11.7. The van der Waals surface area contributed by atoms with Gasteiger partial charge < -0.3 is 19.1 Å². The molecule has 4 aromatic rings. The van der Waals surface area contributed by atoms with Gasteiger partial charge >= 0.3 is 6.09 Å². The highest BCUT2D eigenvalue weighted by molar-refractivity contribution is 5.99. The predicted molar refractivity (Wildman–Crippen MR) is 155 cm³/mol. The van der Waals surface area contributed by atoms with Gasteiger partial charge in [-0.15, -0.1) is 0 Å². The maximum Gasteiger partial charge on any atom is 0.410 e. The molecule has 3 heterocycles. The molecule has 0 radical (unpaired) electrons. The minimum Gasteiger partial charge on any atom is -0.444 e. The first-order chi connectivity index (χ1) is 20.0. The largest absolute Gasteiger partial charge is 0.444 e. The summed E-state index contributed by atoms with van der Waals surface area (Å²) in [4.78, 5) is 29.3. The standard InChI is InChI=1S/C31H36F2N6O3/c1-6-7-26-36-28(37-42-26)19-10-12-39(13-11-19)29-24-16-22(32)15-23(27(24)34-18-35-29)20-8-9-21(25(33)14-20)17-38(5)30(40)41-31(2,3)4/h8-9,14-16,18-19H,6-7,10-13,17H2,1-5H3. The summed E-state index contributed by atoms with van der Waals surface area (Å²) >= 11 is 0. The number of anilines is 1. The Labute approximate surface area is 243 Å². The number of fused-ring (bicyclic) bond motifs is 1. The lowest BCUT2D eigenvalue weighted by Crippen LogP contribution is -2.34. The number of hydrogen-bond acceptors (Lipinski definition) is 8. The first kappa shape index (κ1) is 29.3. The molecule has 1 aliphatic heterocycles. The number of aryl methyl sites for hydroxylation is 1. The number of ether oxygens (including phenoxy) is 1. The topological polar surface area (TPSA) is 97.5 Å². The number of hydrogen-bond donors (Lipinski definition) is 0. The Bertz CT molecular complexity index is 1580. The predicted octanol–water partition coefficient (Wildman–Crippen LogP) is 6.66. The van der Waals surface area contributed by atoms with E-state index in [2.05, 4.69) is 31.9 Å². The Morgan fingerprint density at radius 2 is 1.90 bits per heavy atom. The third-order valence-electron chi connectivity index (χ3n) is 7.27. The van der Waals surface area contributed by atoms with Gasteiger partial charge in [-0.1, -0.05) is 24.2 Å². The van der Waals surface area contributed by atoms with Crippen molar-refractivity contribution in [3.05, 3.63) is 65.6 Å². The number of benzene rings is 2. The van der Waals surface area contributed by atoms with Crippen LogP contribution in [0, 0.1) is 11.6 Å². The van der Waals surface area contributed by atoms with Crippen LogP contribution < -0.4 is 4.90 Å². The van der Waals surface area contributed by atoms with E-state index in [0.717, 1.165) is 31.5 Å². The van der Waals surface area contributed by atoms with Crippen LogP contribution in [0.3, 0.4) is 0 Å². The fourth-order valence-corrected chi connectivity index (χ4v) is 5.19. The molecular weight excluding hydrogens is 542 g/mol. The molecule has 222 valence electrons. The molecule has 2 aromatic carbocycles. The average Bonchev–Trinajstić information content (AvgIpc) is 3.41. The summed E-state index contributed by atoms with van der Waals surface area (Å²) in [6, 6.07) is 7.44. The number of carbonyl (C=O) groups is 1. The Kier molecular flexibility index (Phi) is 8.38. The summed E-state index contributed by atoms with van der Waals surface area (Å²) in [5.41, 5.74) is 1.13. The molecule has 0 aliphatic carbocycles. The SMILES string of the molecule is CCCc1nc(C2CCN(c3ncnc4c(-c5ccc(CN(C)C(=O)OC(C)(C)C)c(F)c5)cc(F)cc34)CC2)no1. The molecule has 0 spiro atoms. The van der Waals surface area contributed by atoms with Crippen molar-refractivity contribution in [2.45, 2.75) is 71.4 Å². The molecule has 11 heteroatoms. The van der Waals surface area contributed by atoms with Crippen LogP contribution in [0.25, 0.3) is 22.0 Å². The first-order valence-electron chi connectivity index (χ1n) is 14.3. The molecule has 0 bridgehead atoms. The highest BCUT2D eigenvalue weighted by Crippen LogP contribution is 2.36. The zero-order valence-electron chi connectivity index (χ0n) is 24.7. The molecule has 9 nitrogen and oxygen atoms in total. The van der Waals surface area contributed by atoms with Gasteiger partial charge in [-0.3, -0.25) is 0 Å². The minimum absolute atomic E-state index is 0.0248. The van der Waals surface area contributed by atoms with Gasteiger partial charge in [0.05, 0.1) is 12.1 Å². The van der Waals surface area contributed by atoms with Crippen molar-refractivity contribution >= 4 is 22.8 Å². The molecule has 1 amide bonds. The Morgan fingerprint density at radius 3 is 2.60 bits per heavy atom. The van der Waals surface area contributed by atoms with Crippen LogP contribution in [0.4, 0.5) is 19.4 Å². The fraction of sp³-hybridized carbons (Fsp3) is 0.452. The quantitative estimate of drug-likeness (QED) is 0.240. The van der Waals surface area contributed by atoms with Crippen molar-refractivity contribution in [3.8, 4) is 11.1 Å². The van der Waals surface area contributed by atoms with Gasteiger partial charge in [0, 0.05) is 49.0 Å². The zero-order chi connectivity index (χ0) is 30.0. The van der Waals surface area contributed by atoms with Gasteiger partial charge in [0.25, 0.3) is 0 Å². The Hall–Kier alpha value is -4.15. The summed E-state index contributed by atoms with van der Waals surface area (Å²) < 4.78 is 41.0. The van der Waals surface area contributed by atoms with Crippen molar-refractivity contribution in [2.24, 2.45) is 0 Å². The van der Waals surface area contributed by atoms with Crippen molar-refractivity contribution < 1.29 is 22.8 Å². The maximum absolute atomic E-state index is 15.3. The van der Waals surface area contributed by atoms with Crippen LogP contribution in [0.5, 0.6) is 0 Å². The molecular formula is C31H36F2N6O3. The number of piperidine rings is 1. The monoisotopic (exact) mass is 578 g/mol. The van der Waals surface area contributed by atoms with Crippen LogP contribution in [-0.2, 0) is 17.7 Å². The second kappa shape index (κ2) is 12.0. The lowest BCUT2D eigenvalue weighted by molar-refractivity contribution is 0.0283. The molecule has 1 aliphatic rings. The van der Waals surface area contributed by atoms with E-state index in [1.165, 1.54) is 29.4 Å². The van der Waals surface area contributed by atoms with Gasteiger partial charge in [0.2, 0.25) is 5.89 Å². The average molecular weight is 579 g/mol. The number of rotatable bonds is 7. The lowest BCUT2D eigenvalue weighted by atomic mass is 9.95. The smallest absolute Gasteiger partial charge is 0.410 e. The van der Waals surface area contributed by atoms with E-state index in [1.807, 2.05) is 0 Å². The number of nitrogens with zero attached hydrogens (tertiary/aromatic N) is 6. The summed E-state index contributed by atoms with van der Waals surface area (Å²) in [5, 5.41) is 4.74. The molecule has 0 atom stereocenters. The third-order valence-corrected chi connectivity index (χ3v) is 7.27. The van der Waals surface area contributed by atoms with Crippen LogP contribution >= 0.6 is 0 Å². The summed E-state index contributed by atoms with van der Waals surface area (Å²) in [7, 11) is 1.55. The summed E-state index contributed by atoms with van der Waals surface area (Å²) in [5.74, 6) is 1.25. The van der Waals surface area contributed by atoms with E-state index >= 15 is 8.78 Å². The summed E-state index contributed by atoms with van der Waals surface area (Å²) in [6.07, 6.45) is 4.24. The van der Waals surface area contributed by atoms with E-state index < -0.39 is 23.3 Å². The number of carbonyl (C=O) groups excluding carboxylic acids is 1. The first-order valence-corrected chi connectivity index (χ1v) is 14.3. The second-order valence-electron chi connectivity index (χ2n) is 11.7. The third kappa shape index (κ3) is 6.50.